The first kappa shape index (κ1) is 14.8. The zero-order valence-electron chi connectivity index (χ0n) is 11.7. The number of amides is 1. The van der Waals surface area contributed by atoms with Crippen molar-refractivity contribution in [2.24, 2.45) is 11.7 Å². The Labute approximate surface area is 119 Å². The number of methoxy groups -OCH3 is 1. The molecule has 1 aromatic carbocycles. The molecule has 0 aliphatic heterocycles. The molecule has 1 saturated carbocycles. The van der Waals surface area contributed by atoms with Crippen molar-refractivity contribution in [1.29, 1.82) is 0 Å². The number of hydrogen-bond donors (Lipinski definition) is 3. The number of benzene rings is 1. The van der Waals surface area contributed by atoms with E-state index in [4.69, 9.17) is 10.5 Å². The van der Waals surface area contributed by atoms with E-state index < -0.39 is 6.10 Å². The summed E-state index contributed by atoms with van der Waals surface area (Å²) in [7, 11) is 1.60. The number of aliphatic hydroxyl groups excluding tert-OH is 1. The Morgan fingerprint density at radius 2 is 2.15 bits per heavy atom. The third-order valence-electron chi connectivity index (χ3n) is 3.81. The number of ether oxygens (including phenoxy) is 1. The molecular formula is C15H22N2O3. The van der Waals surface area contributed by atoms with Crippen LogP contribution in [0.4, 0.5) is 0 Å². The summed E-state index contributed by atoms with van der Waals surface area (Å²) in [4.78, 5) is 11.9. The molecule has 5 nitrogen and oxygen atoms in total. The van der Waals surface area contributed by atoms with Crippen molar-refractivity contribution in [2.45, 2.75) is 31.4 Å². The summed E-state index contributed by atoms with van der Waals surface area (Å²) in [5, 5.41) is 12.8. The van der Waals surface area contributed by atoms with Crippen LogP contribution < -0.4 is 15.8 Å². The van der Waals surface area contributed by atoms with Crippen LogP contribution in [0.3, 0.4) is 0 Å². The first-order valence-electron chi connectivity index (χ1n) is 6.95. The Morgan fingerprint density at radius 1 is 1.45 bits per heavy atom. The van der Waals surface area contributed by atoms with Gasteiger partial charge in [0.2, 0.25) is 5.91 Å². The summed E-state index contributed by atoms with van der Waals surface area (Å²) in [5.41, 5.74) is 6.55. The lowest BCUT2D eigenvalue weighted by molar-refractivity contribution is -0.125. The highest BCUT2D eigenvalue weighted by molar-refractivity contribution is 5.79. The molecule has 110 valence electrons. The van der Waals surface area contributed by atoms with Crippen molar-refractivity contribution in [1.82, 2.24) is 5.32 Å². The lowest BCUT2D eigenvalue weighted by Gasteiger charge is -2.15. The number of hydrogen-bond acceptors (Lipinski definition) is 4. The van der Waals surface area contributed by atoms with Gasteiger partial charge in [0.05, 0.1) is 13.2 Å². The second-order valence-electron chi connectivity index (χ2n) is 5.30. The Hall–Kier alpha value is -1.59. The van der Waals surface area contributed by atoms with E-state index in [1.165, 1.54) is 0 Å². The summed E-state index contributed by atoms with van der Waals surface area (Å²) < 4.78 is 5.06. The van der Waals surface area contributed by atoms with E-state index >= 15 is 0 Å². The summed E-state index contributed by atoms with van der Waals surface area (Å²) >= 11 is 0. The quantitative estimate of drug-likeness (QED) is 0.749. The fraction of sp³-hybridized carbons (Fsp3) is 0.533. The van der Waals surface area contributed by atoms with E-state index in [0.29, 0.717) is 0 Å². The van der Waals surface area contributed by atoms with Gasteiger partial charge < -0.3 is 20.9 Å². The van der Waals surface area contributed by atoms with E-state index in [-0.39, 0.29) is 24.4 Å². The summed E-state index contributed by atoms with van der Waals surface area (Å²) in [5.74, 6) is 0.725. The Balaban J connectivity index is 1.82. The van der Waals surface area contributed by atoms with Gasteiger partial charge in [0, 0.05) is 18.5 Å². The lowest BCUT2D eigenvalue weighted by atomic mass is 10.1. The zero-order chi connectivity index (χ0) is 14.5. The normalized spacial score (nSPS) is 23.4. The average Bonchev–Trinajstić information content (AvgIpc) is 2.91. The number of carbonyl (C=O) groups is 1. The van der Waals surface area contributed by atoms with Crippen molar-refractivity contribution in [3.05, 3.63) is 29.8 Å². The molecule has 1 aliphatic rings. The van der Waals surface area contributed by atoms with E-state index in [0.717, 1.165) is 30.6 Å². The van der Waals surface area contributed by atoms with Crippen LogP contribution in [0.25, 0.3) is 0 Å². The largest absolute Gasteiger partial charge is 0.497 e. The fourth-order valence-corrected chi connectivity index (χ4v) is 2.54. The van der Waals surface area contributed by atoms with E-state index in [1.807, 2.05) is 0 Å². The molecule has 3 atom stereocenters. The maximum absolute atomic E-state index is 11.9. The minimum atomic E-state index is -0.708. The molecule has 2 rings (SSSR count). The van der Waals surface area contributed by atoms with Gasteiger partial charge in [0.1, 0.15) is 5.75 Å². The monoisotopic (exact) mass is 278 g/mol. The molecule has 0 aromatic heterocycles. The van der Waals surface area contributed by atoms with Gasteiger partial charge in [0.25, 0.3) is 0 Å². The molecule has 0 bridgehead atoms. The predicted molar refractivity (Wildman–Crippen MR) is 76.3 cm³/mol. The van der Waals surface area contributed by atoms with E-state index in [9.17, 15) is 9.90 Å². The Morgan fingerprint density at radius 3 is 2.70 bits per heavy atom. The van der Waals surface area contributed by atoms with E-state index in [1.54, 1.807) is 31.4 Å². The first-order chi connectivity index (χ1) is 9.60. The molecule has 4 N–H and O–H groups in total. The number of nitrogens with one attached hydrogen (secondary N) is 1. The predicted octanol–water partition coefficient (Wildman–Crippen LogP) is 0.972. The van der Waals surface area contributed by atoms with Gasteiger partial charge in [-0.1, -0.05) is 12.1 Å². The van der Waals surface area contributed by atoms with Crippen molar-refractivity contribution >= 4 is 5.91 Å². The van der Waals surface area contributed by atoms with Crippen LogP contribution in [0.1, 0.15) is 30.9 Å². The van der Waals surface area contributed by atoms with Gasteiger partial charge in [-0.05, 0) is 37.0 Å². The molecule has 1 aromatic rings. The first-order valence-corrected chi connectivity index (χ1v) is 6.95. The molecule has 1 amide bonds. The van der Waals surface area contributed by atoms with Crippen LogP contribution >= 0.6 is 0 Å². The molecule has 1 fully saturated rings. The van der Waals surface area contributed by atoms with Crippen LogP contribution in [0.5, 0.6) is 5.75 Å². The van der Waals surface area contributed by atoms with E-state index in [2.05, 4.69) is 5.32 Å². The molecule has 0 saturated heterocycles. The standard InChI is InChI=1S/C15H22N2O3/c1-20-13-6-3-10(4-7-13)14(18)9-17-15(19)11-2-5-12(16)8-11/h3-4,6-7,11-12,14,18H,2,5,8-9,16H2,1H3,(H,17,19). The lowest BCUT2D eigenvalue weighted by Crippen LogP contribution is -2.33. The number of aliphatic hydroxyl groups is 1. The minimum absolute atomic E-state index is 0.00642. The fourth-order valence-electron chi connectivity index (χ4n) is 2.54. The topological polar surface area (TPSA) is 84.6 Å². The van der Waals surface area contributed by atoms with Gasteiger partial charge in [-0.25, -0.2) is 0 Å². The highest BCUT2D eigenvalue weighted by Gasteiger charge is 2.27. The highest BCUT2D eigenvalue weighted by atomic mass is 16.5. The van der Waals surface area contributed by atoms with Gasteiger partial charge in [-0.3, -0.25) is 4.79 Å². The van der Waals surface area contributed by atoms with Crippen LogP contribution in [-0.2, 0) is 4.79 Å². The number of nitrogens with two attached hydrogens (primary N) is 1. The van der Waals surface area contributed by atoms with Gasteiger partial charge in [0.15, 0.2) is 0 Å². The maximum atomic E-state index is 11.9. The Bertz CT molecular complexity index is 447. The second-order valence-corrected chi connectivity index (χ2v) is 5.30. The maximum Gasteiger partial charge on any atom is 0.223 e. The summed E-state index contributed by atoms with van der Waals surface area (Å²) in [6, 6.07) is 7.30. The molecule has 20 heavy (non-hydrogen) atoms. The molecule has 3 unspecified atom stereocenters. The molecular weight excluding hydrogens is 256 g/mol. The van der Waals surface area contributed by atoms with Crippen molar-refractivity contribution in [2.75, 3.05) is 13.7 Å². The van der Waals surface area contributed by atoms with Crippen LogP contribution in [0.15, 0.2) is 24.3 Å². The molecule has 0 radical (unpaired) electrons. The smallest absolute Gasteiger partial charge is 0.223 e. The van der Waals surface area contributed by atoms with Crippen molar-refractivity contribution in [3.63, 3.8) is 0 Å². The van der Waals surface area contributed by atoms with Crippen LogP contribution in [-0.4, -0.2) is 30.7 Å². The van der Waals surface area contributed by atoms with Crippen molar-refractivity contribution in [3.8, 4) is 5.75 Å². The zero-order valence-corrected chi connectivity index (χ0v) is 11.7. The van der Waals surface area contributed by atoms with Gasteiger partial charge in [-0.15, -0.1) is 0 Å². The second kappa shape index (κ2) is 6.72. The van der Waals surface area contributed by atoms with Crippen molar-refractivity contribution < 1.29 is 14.6 Å². The minimum Gasteiger partial charge on any atom is -0.497 e. The van der Waals surface area contributed by atoms with Gasteiger partial charge >= 0.3 is 0 Å². The molecule has 0 spiro atoms. The summed E-state index contributed by atoms with van der Waals surface area (Å²) in [6.07, 6.45) is 1.77. The number of rotatable bonds is 5. The third-order valence-corrected chi connectivity index (χ3v) is 3.81. The van der Waals surface area contributed by atoms with Crippen LogP contribution in [0, 0.1) is 5.92 Å². The molecule has 1 aliphatic carbocycles. The summed E-state index contributed by atoms with van der Waals surface area (Å²) in [6.45, 7) is 0.219. The van der Waals surface area contributed by atoms with Gasteiger partial charge in [-0.2, -0.15) is 0 Å². The molecule has 5 heteroatoms. The Kier molecular flexibility index (Phi) is 4.98. The SMILES string of the molecule is COc1ccc(C(O)CNC(=O)C2CCC(N)C2)cc1. The molecule has 0 heterocycles. The van der Waals surface area contributed by atoms with Crippen LogP contribution in [0.2, 0.25) is 0 Å². The third kappa shape index (κ3) is 3.71. The number of carbonyl (C=O) groups excluding carboxylic acids is 1. The highest BCUT2D eigenvalue weighted by Crippen LogP contribution is 2.24. The average molecular weight is 278 g/mol.